The molecule has 0 saturated carbocycles. The van der Waals surface area contributed by atoms with Crippen LogP contribution in [-0.4, -0.2) is 31.3 Å². The molecule has 1 aliphatic heterocycles. The molecule has 4 nitrogen and oxygen atoms in total. The van der Waals surface area contributed by atoms with Gasteiger partial charge in [-0.05, 0) is 62.4 Å². The minimum absolute atomic E-state index is 0.0571. The largest absolute Gasteiger partial charge is 0.478 e. The van der Waals surface area contributed by atoms with E-state index in [-0.39, 0.29) is 11.3 Å². The van der Waals surface area contributed by atoms with E-state index in [1.165, 1.54) is 4.88 Å². The first-order valence-corrected chi connectivity index (χ1v) is 10.0. The second-order valence-corrected chi connectivity index (χ2v) is 8.50. The van der Waals surface area contributed by atoms with Crippen molar-refractivity contribution in [2.24, 2.45) is 0 Å². The van der Waals surface area contributed by atoms with Crippen LogP contribution >= 0.6 is 22.9 Å². The minimum atomic E-state index is -0.977. The Morgan fingerprint density at radius 2 is 1.96 bits per heavy atom. The van der Waals surface area contributed by atoms with Gasteiger partial charge in [-0.25, -0.2) is 0 Å². The first-order valence-electron chi connectivity index (χ1n) is 8.76. The molecule has 2 heterocycles. The molecule has 1 fully saturated rings. The van der Waals surface area contributed by atoms with Crippen molar-refractivity contribution in [2.45, 2.75) is 37.7 Å². The van der Waals surface area contributed by atoms with Crippen molar-refractivity contribution in [2.75, 3.05) is 19.8 Å². The predicted molar refractivity (Wildman–Crippen MR) is 105 cm³/mol. The molecule has 140 valence electrons. The molecule has 3 rings (SSSR count). The predicted octanol–water partition coefficient (Wildman–Crippen LogP) is 4.42. The SMILES string of the molecule is CC(C)(Oc1ccc(Cl)cc1)C(=O)NCC1(c2cccs2)CCOCC1. The van der Waals surface area contributed by atoms with Gasteiger partial charge in [-0.3, -0.25) is 4.79 Å². The third-order valence-electron chi connectivity index (χ3n) is 4.81. The molecule has 26 heavy (non-hydrogen) atoms. The highest BCUT2D eigenvalue weighted by Crippen LogP contribution is 2.37. The number of halogens is 1. The highest BCUT2D eigenvalue weighted by atomic mass is 35.5. The van der Waals surface area contributed by atoms with Gasteiger partial charge in [-0.15, -0.1) is 11.3 Å². The maximum absolute atomic E-state index is 12.8. The number of amides is 1. The lowest BCUT2D eigenvalue weighted by Gasteiger charge is -2.37. The van der Waals surface area contributed by atoms with Gasteiger partial charge in [-0.1, -0.05) is 17.7 Å². The highest BCUT2D eigenvalue weighted by Gasteiger charge is 2.38. The van der Waals surface area contributed by atoms with E-state index in [1.54, 1.807) is 49.4 Å². The fourth-order valence-corrected chi connectivity index (χ4v) is 4.27. The van der Waals surface area contributed by atoms with Crippen molar-refractivity contribution in [3.05, 3.63) is 51.7 Å². The summed E-state index contributed by atoms with van der Waals surface area (Å²) in [5.41, 5.74) is -1.03. The first kappa shape index (κ1) is 19.2. The van der Waals surface area contributed by atoms with Crippen LogP contribution in [0.2, 0.25) is 5.02 Å². The molecule has 0 unspecified atom stereocenters. The van der Waals surface area contributed by atoms with Crippen LogP contribution in [0.15, 0.2) is 41.8 Å². The van der Waals surface area contributed by atoms with Gasteiger partial charge in [0.2, 0.25) is 0 Å². The van der Waals surface area contributed by atoms with Gasteiger partial charge in [-0.2, -0.15) is 0 Å². The van der Waals surface area contributed by atoms with E-state index in [4.69, 9.17) is 21.1 Å². The summed E-state index contributed by atoms with van der Waals surface area (Å²) in [4.78, 5) is 14.1. The molecule has 0 radical (unpaired) electrons. The molecular weight excluding hydrogens is 370 g/mol. The van der Waals surface area contributed by atoms with Crippen LogP contribution in [0.1, 0.15) is 31.6 Å². The van der Waals surface area contributed by atoms with Crippen molar-refractivity contribution in [1.29, 1.82) is 0 Å². The van der Waals surface area contributed by atoms with E-state index in [0.29, 0.717) is 17.3 Å². The average molecular weight is 394 g/mol. The Labute approximate surface area is 163 Å². The summed E-state index contributed by atoms with van der Waals surface area (Å²) >= 11 is 7.64. The molecule has 1 aromatic carbocycles. The van der Waals surface area contributed by atoms with Gasteiger partial charge in [0.1, 0.15) is 5.75 Å². The summed E-state index contributed by atoms with van der Waals surface area (Å²) < 4.78 is 11.4. The minimum Gasteiger partial charge on any atom is -0.478 e. The number of hydrogen-bond donors (Lipinski definition) is 1. The molecule has 6 heteroatoms. The van der Waals surface area contributed by atoms with E-state index in [2.05, 4.69) is 22.8 Å². The van der Waals surface area contributed by atoms with E-state index in [0.717, 1.165) is 26.1 Å². The smallest absolute Gasteiger partial charge is 0.263 e. The molecule has 0 spiro atoms. The Bertz CT molecular complexity index is 722. The number of thiophene rings is 1. The van der Waals surface area contributed by atoms with Crippen LogP contribution in [0.4, 0.5) is 0 Å². The molecule has 0 bridgehead atoms. The van der Waals surface area contributed by atoms with Crippen molar-refractivity contribution < 1.29 is 14.3 Å². The molecule has 1 aliphatic rings. The Kier molecular flexibility index (Phi) is 5.90. The summed E-state index contributed by atoms with van der Waals surface area (Å²) in [6, 6.07) is 11.2. The number of carbonyl (C=O) groups is 1. The molecule has 0 aliphatic carbocycles. The fourth-order valence-electron chi connectivity index (χ4n) is 3.16. The average Bonchev–Trinajstić information content (AvgIpc) is 3.17. The van der Waals surface area contributed by atoms with Crippen LogP contribution < -0.4 is 10.1 Å². The third-order valence-corrected chi connectivity index (χ3v) is 6.18. The van der Waals surface area contributed by atoms with E-state index in [9.17, 15) is 4.79 Å². The van der Waals surface area contributed by atoms with Crippen molar-refractivity contribution in [3.63, 3.8) is 0 Å². The highest BCUT2D eigenvalue weighted by molar-refractivity contribution is 7.10. The van der Waals surface area contributed by atoms with Crippen molar-refractivity contribution >= 4 is 28.8 Å². The fraction of sp³-hybridized carbons (Fsp3) is 0.450. The normalized spacial score (nSPS) is 16.9. The number of hydrogen-bond acceptors (Lipinski definition) is 4. The number of benzene rings is 1. The maximum atomic E-state index is 12.8. The lowest BCUT2D eigenvalue weighted by molar-refractivity contribution is -0.134. The number of rotatable bonds is 6. The molecule has 0 atom stereocenters. The Morgan fingerprint density at radius 1 is 1.27 bits per heavy atom. The lowest BCUT2D eigenvalue weighted by atomic mass is 9.78. The van der Waals surface area contributed by atoms with Crippen LogP contribution in [0.25, 0.3) is 0 Å². The molecule has 1 amide bonds. The zero-order chi connectivity index (χ0) is 18.6. The molecule has 1 N–H and O–H groups in total. The third kappa shape index (κ3) is 4.40. The van der Waals surface area contributed by atoms with Crippen LogP contribution in [0.3, 0.4) is 0 Å². The van der Waals surface area contributed by atoms with Crippen LogP contribution in [0.5, 0.6) is 5.75 Å². The molecule has 2 aromatic rings. The maximum Gasteiger partial charge on any atom is 0.263 e. The Morgan fingerprint density at radius 3 is 2.58 bits per heavy atom. The van der Waals surface area contributed by atoms with Crippen LogP contribution in [0, 0.1) is 0 Å². The van der Waals surface area contributed by atoms with Gasteiger partial charge in [0.15, 0.2) is 5.60 Å². The summed E-state index contributed by atoms with van der Waals surface area (Å²) in [6.45, 7) is 5.58. The van der Waals surface area contributed by atoms with Crippen molar-refractivity contribution in [3.8, 4) is 5.75 Å². The second-order valence-electron chi connectivity index (χ2n) is 7.12. The summed E-state index contributed by atoms with van der Waals surface area (Å²) in [5, 5.41) is 5.84. The molecule has 1 aromatic heterocycles. The van der Waals surface area contributed by atoms with E-state index >= 15 is 0 Å². The van der Waals surface area contributed by atoms with E-state index < -0.39 is 5.60 Å². The molecule has 1 saturated heterocycles. The number of ether oxygens (including phenoxy) is 2. The van der Waals surface area contributed by atoms with Gasteiger partial charge < -0.3 is 14.8 Å². The monoisotopic (exact) mass is 393 g/mol. The summed E-state index contributed by atoms with van der Waals surface area (Å²) in [5.74, 6) is 0.489. The van der Waals surface area contributed by atoms with Crippen LogP contribution in [-0.2, 0) is 14.9 Å². The zero-order valence-electron chi connectivity index (χ0n) is 15.1. The summed E-state index contributed by atoms with van der Waals surface area (Å²) in [7, 11) is 0. The zero-order valence-corrected chi connectivity index (χ0v) is 16.7. The first-order chi connectivity index (χ1) is 12.4. The van der Waals surface area contributed by atoms with Gasteiger partial charge in [0, 0.05) is 35.1 Å². The van der Waals surface area contributed by atoms with E-state index in [1.807, 2.05) is 0 Å². The molecular formula is C20H24ClNO3S. The Hall–Kier alpha value is -1.56. The standard InChI is InChI=1S/C20H24ClNO3S/c1-19(2,25-16-7-5-15(21)6-8-16)18(23)22-14-20(9-11-24-12-10-20)17-4-3-13-26-17/h3-8,13H,9-12,14H2,1-2H3,(H,22,23). The van der Waals surface area contributed by atoms with Crippen molar-refractivity contribution in [1.82, 2.24) is 5.32 Å². The van der Waals surface area contributed by atoms with Gasteiger partial charge in [0.25, 0.3) is 5.91 Å². The summed E-state index contributed by atoms with van der Waals surface area (Å²) in [6.07, 6.45) is 1.82. The Balaban J connectivity index is 1.66. The quantitative estimate of drug-likeness (QED) is 0.790. The topological polar surface area (TPSA) is 47.6 Å². The number of carbonyl (C=O) groups excluding carboxylic acids is 1. The lowest BCUT2D eigenvalue weighted by Crippen LogP contribution is -2.51. The second kappa shape index (κ2) is 7.99. The van der Waals surface area contributed by atoms with Gasteiger partial charge >= 0.3 is 0 Å². The van der Waals surface area contributed by atoms with Gasteiger partial charge in [0.05, 0.1) is 0 Å². The number of nitrogens with one attached hydrogen (secondary N) is 1.